The summed E-state index contributed by atoms with van der Waals surface area (Å²) in [6.07, 6.45) is 2.93. The lowest BCUT2D eigenvalue weighted by molar-refractivity contribution is -0.131. The number of amides is 1. The number of carbonyl (C=O) groups excluding carboxylic acids is 1. The molecule has 108 valence electrons. The molecule has 1 fully saturated rings. The molecule has 0 bridgehead atoms. The number of benzene rings is 1. The fourth-order valence-electron chi connectivity index (χ4n) is 2.26. The van der Waals surface area contributed by atoms with Gasteiger partial charge >= 0.3 is 0 Å². The Kier molecular flexibility index (Phi) is 4.61. The fraction of sp³-hybridized carbons (Fsp3) is 0.467. The third-order valence-corrected chi connectivity index (χ3v) is 3.65. The SMILES string of the molecule is Cc1ccccc1CC(=O)N(CCC(N)=NO)C1CC1. The van der Waals surface area contributed by atoms with E-state index >= 15 is 0 Å². The van der Waals surface area contributed by atoms with Crippen molar-refractivity contribution in [1.82, 2.24) is 4.90 Å². The second-order valence-electron chi connectivity index (χ2n) is 5.26. The molecular weight excluding hydrogens is 254 g/mol. The molecule has 0 atom stereocenters. The van der Waals surface area contributed by atoms with Gasteiger partial charge in [-0.25, -0.2) is 0 Å². The maximum Gasteiger partial charge on any atom is 0.227 e. The fourth-order valence-corrected chi connectivity index (χ4v) is 2.26. The summed E-state index contributed by atoms with van der Waals surface area (Å²) in [5.41, 5.74) is 7.68. The van der Waals surface area contributed by atoms with E-state index in [2.05, 4.69) is 5.16 Å². The second-order valence-corrected chi connectivity index (χ2v) is 5.26. The largest absolute Gasteiger partial charge is 0.409 e. The number of amidine groups is 1. The first-order valence-corrected chi connectivity index (χ1v) is 6.92. The lowest BCUT2D eigenvalue weighted by atomic mass is 10.1. The van der Waals surface area contributed by atoms with Crippen LogP contribution in [0.4, 0.5) is 0 Å². The van der Waals surface area contributed by atoms with E-state index in [0.717, 1.165) is 24.0 Å². The average molecular weight is 275 g/mol. The Hall–Kier alpha value is -2.04. The molecule has 5 nitrogen and oxygen atoms in total. The number of hydrogen-bond acceptors (Lipinski definition) is 3. The van der Waals surface area contributed by atoms with Crippen molar-refractivity contribution in [3.63, 3.8) is 0 Å². The lowest BCUT2D eigenvalue weighted by Gasteiger charge is -2.22. The van der Waals surface area contributed by atoms with Gasteiger partial charge in [0.15, 0.2) is 0 Å². The lowest BCUT2D eigenvalue weighted by Crippen LogP contribution is -2.37. The van der Waals surface area contributed by atoms with Gasteiger partial charge in [-0.2, -0.15) is 0 Å². The predicted octanol–water partition coefficient (Wildman–Crippen LogP) is 1.67. The van der Waals surface area contributed by atoms with E-state index in [9.17, 15) is 4.79 Å². The van der Waals surface area contributed by atoms with Gasteiger partial charge in [0, 0.05) is 19.0 Å². The zero-order chi connectivity index (χ0) is 14.5. The normalized spacial score (nSPS) is 15.2. The highest BCUT2D eigenvalue weighted by Crippen LogP contribution is 2.27. The van der Waals surface area contributed by atoms with Gasteiger partial charge in [-0.3, -0.25) is 4.79 Å². The van der Waals surface area contributed by atoms with E-state index in [4.69, 9.17) is 10.9 Å². The van der Waals surface area contributed by atoms with Crippen LogP contribution in [0.25, 0.3) is 0 Å². The molecule has 1 aliphatic rings. The first-order valence-electron chi connectivity index (χ1n) is 6.92. The minimum absolute atomic E-state index is 0.118. The Balaban J connectivity index is 1.99. The summed E-state index contributed by atoms with van der Waals surface area (Å²) >= 11 is 0. The summed E-state index contributed by atoms with van der Waals surface area (Å²) < 4.78 is 0. The summed E-state index contributed by atoms with van der Waals surface area (Å²) in [6.45, 7) is 2.53. The summed E-state index contributed by atoms with van der Waals surface area (Å²) in [6, 6.07) is 8.26. The zero-order valence-electron chi connectivity index (χ0n) is 11.7. The van der Waals surface area contributed by atoms with E-state index in [1.807, 2.05) is 36.1 Å². The summed E-state index contributed by atoms with van der Waals surface area (Å²) in [7, 11) is 0. The predicted molar refractivity (Wildman–Crippen MR) is 77.6 cm³/mol. The van der Waals surface area contributed by atoms with Gasteiger partial charge in [0.05, 0.1) is 6.42 Å². The first kappa shape index (κ1) is 14.4. The maximum atomic E-state index is 12.4. The van der Waals surface area contributed by atoms with E-state index in [0.29, 0.717) is 25.4 Å². The van der Waals surface area contributed by atoms with Crippen LogP contribution >= 0.6 is 0 Å². The molecule has 0 saturated heterocycles. The molecule has 1 aromatic carbocycles. The molecular formula is C15H21N3O2. The van der Waals surface area contributed by atoms with Crippen LogP contribution in [0, 0.1) is 6.92 Å². The van der Waals surface area contributed by atoms with Crippen molar-refractivity contribution < 1.29 is 10.0 Å². The van der Waals surface area contributed by atoms with Crippen LogP contribution in [0.2, 0.25) is 0 Å². The molecule has 5 heteroatoms. The van der Waals surface area contributed by atoms with Crippen molar-refractivity contribution in [2.45, 2.75) is 38.6 Å². The van der Waals surface area contributed by atoms with Gasteiger partial charge < -0.3 is 15.8 Å². The highest BCUT2D eigenvalue weighted by atomic mass is 16.4. The Labute approximate surface area is 119 Å². The zero-order valence-corrected chi connectivity index (χ0v) is 11.7. The Bertz CT molecular complexity index is 510. The molecule has 1 saturated carbocycles. The smallest absolute Gasteiger partial charge is 0.227 e. The number of aryl methyl sites for hydroxylation is 1. The van der Waals surface area contributed by atoms with Crippen molar-refractivity contribution in [3.05, 3.63) is 35.4 Å². The molecule has 0 heterocycles. The Morgan fingerprint density at radius 2 is 2.15 bits per heavy atom. The van der Waals surface area contributed by atoms with Crippen molar-refractivity contribution in [1.29, 1.82) is 0 Å². The second kappa shape index (κ2) is 6.41. The van der Waals surface area contributed by atoms with Crippen molar-refractivity contribution in [2.75, 3.05) is 6.54 Å². The number of oxime groups is 1. The van der Waals surface area contributed by atoms with Gasteiger partial charge in [-0.1, -0.05) is 29.4 Å². The number of carbonyl (C=O) groups is 1. The molecule has 0 spiro atoms. The minimum atomic E-state index is 0.118. The molecule has 0 radical (unpaired) electrons. The standard InChI is InChI=1S/C15H21N3O2/c1-11-4-2-3-5-12(11)10-15(19)18(13-6-7-13)9-8-14(16)17-20/h2-5,13,20H,6-10H2,1H3,(H2,16,17). The third kappa shape index (κ3) is 3.73. The van der Waals surface area contributed by atoms with Crippen LogP contribution in [-0.2, 0) is 11.2 Å². The van der Waals surface area contributed by atoms with Crippen LogP contribution in [0.3, 0.4) is 0 Å². The monoisotopic (exact) mass is 275 g/mol. The van der Waals surface area contributed by atoms with Gasteiger partial charge in [-0.05, 0) is 30.9 Å². The van der Waals surface area contributed by atoms with Crippen LogP contribution in [-0.4, -0.2) is 34.4 Å². The number of hydrogen-bond donors (Lipinski definition) is 2. The first-order chi connectivity index (χ1) is 9.61. The summed E-state index contributed by atoms with van der Waals surface area (Å²) in [5.74, 6) is 0.284. The highest BCUT2D eigenvalue weighted by molar-refractivity contribution is 5.82. The van der Waals surface area contributed by atoms with Crippen molar-refractivity contribution in [2.24, 2.45) is 10.9 Å². The maximum absolute atomic E-state index is 12.4. The molecule has 3 N–H and O–H groups in total. The number of nitrogens with two attached hydrogens (primary N) is 1. The number of rotatable bonds is 6. The average Bonchev–Trinajstić information content (AvgIpc) is 3.26. The van der Waals surface area contributed by atoms with Gasteiger partial charge in [-0.15, -0.1) is 0 Å². The molecule has 0 aliphatic heterocycles. The van der Waals surface area contributed by atoms with E-state index in [-0.39, 0.29) is 11.7 Å². The quantitative estimate of drug-likeness (QED) is 0.359. The van der Waals surface area contributed by atoms with E-state index in [1.54, 1.807) is 0 Å². The van der Waals surface area contributed by atoms with Crippen LogP contribution in [0.1, 0.15) is 30.4 Å². The van der Waals surface area contributed by atoms with Gasteiger partial charge in [0.25, 0.3) is 0 Å². The molecule has 1 amide bonds. The van der Waals surface area contributed by atoms with Gasteiger partial charge in [0.1, 0.15) is 5.84 Å². The Morgan fingerprint density at radius 3 is 2.75 bits per heavy atom. The molecule has 0 aromatic heterocycles. The van der Waals surface area contributed by atoms with Crippen LogP contribution < -0.4 is 5.73 Å². The highest BCUT2D eigenvalue weighted by Gasteiger charge is 2.32. The van der Waals surface area contributed by atoms with Crippen molar-refractivity contribution in [3.8, 4) is 0 Å². The van der Waals surface area contributed by atoms with Gasteiger partial charge in [0.2, 0.25) is 5.91 Å². The number of nitrogens with zero attached hydrogens (tertiary/aromatic N) is 2. The Morgan fingerprint density at radius 1 is 1.45 bits per heavy atom. The van der Waals surface area contributed by atoms with E-state index in [1.165, 1.54) is 0 Å². The van der Waals surface area contributed by atoms with Crippen molar-refractivity contribution >= 4 is 11.7 Å². The minimum Gasteiger partial charge on any atom is -0.409 e. The molecule has 1 aromatic rings. The third-order valence-electron chi connectivity index (χ3n) is 3.65. The van der Waals surface area contributed by atoms with E-state index < -0.39 is 0 Å². The molecule has 2 rings (SSSR count). The summed E-state index contributed by atoms with van der Waals surface area (Å²) in [5, 5.41) is 11.5. The molecule has 20 heavy (non-hydrogen) atoms. The topological polar surface area (TPSA) is 78.9 Å². The van der Waals surface area contributed by atoms with Crippen LogP contribution in [0.15, 0.2) is 29.4 Å². The molecule has 0 unspecified atom stereocenters. The van der Waals surface area contributed by atoms with Crippen LogP contribution in [0.5, 0.6) is 0 Å². The molecule has 1 aliphatic carbocycles. The summed E-state index contributed by atoms with van der Waals surface area (Å²) in [4.78, 5) is 14.3.